The van der Waals surface area contributed by atoms with Crippen LogP contribution in [0.1, 0.15) is 18.4 Å². The highest BCUT2D eigenvalue weighted by molar-refractivity contribution is 5.48. The van der Waals surface area contributed by atoms with Crippen molar-refractivity contribution in [3.63, 3.8) is 0 Å². The minimum absolute atomic E-state index is 0.205. The molecule has 3 rings (SSSR count). The molecule has 0 spiro atoms. The van der Waals surface area contributed by atoms with E-state index in [1.165, 1.54) is 24.1 Å². The first-order valence-electron chi connectivity index (χ1n) is 8.65. The molecule has 4 heteroatoms. The molecule has 0 bridgehead atoms. The van der Waals surface area contributed by atoms with Gasteiger partial charge in [0.2, 0.25) is 0 Å². The van der Waals surface area contributed by atoms with E-state index in [2.05, 4.69) is 45.9 Å². The Morgan fingerprint density at radius 3 is 2.23 bits per heavy atom. The van der Waals surface area contributed by atoms with E-state index in [9.17, 15) is 5.11 Å². The number of hydrogen-bond donors (Lipinski definition) is 1. The summed E-state index contributed by atoms with van der Waals surface area (Å²) in [5.74, 6) is 0. The molecule has 4 nitrogen and oxygen atoms in total. The maximum absolute atomic E-state index is 10.3. The van der Waals surface area contributed by atoms with Crippen molar-refractivity contribution in [1.82, 2.24) is 9.80 Å². The van der Waals surface area contributed by atoms with Crippen LogP contribution in [-0.4, -0.2) is 73.4 Å². The molecule has 0 amide bonds. The monoisotopic (exact) mass is 303 g/mol. The zero-order chi connectivity index (χ0) is 15.4. The molecule has 0 aromatic heterocycles. The van der Waals surface area contributed by atoms with Crippen molar-refractivity contribution in [3.05, 3.63) is 29.8 Å². The first-order valence-corrected chi connectivity index (χ1v) is 8.65. The van der Waals surface area contributed by atoms with Crippen LogP contribution in [0.2, 0.25) is 0 Å². The predicted molar refractivity (Wildman–Crippen MR) is 91.5 cm³/mol. The van der Waals surface area contributed by atoms with Gasteiger partial charge in [-0.15, -0.1) is 0 Å². The SMILES string of the molecule is Cc1cccc(N2CCN(C[C@@H](O)CN3CCCC3)CC2)c1. The zero-order valence-corrected chi connectivity index (χ0v) is 13.7. The van der Waals surface area contributed by atoms with E-state index in [-0.39, 0.29) is 6.10 Å². The van der Waals surface area contributed by atoms with Crippen LogP contribution in [0.4, 0.5) is 5.69 Å². The summed E-state index contributed by atoms with van der Waals surface area (Å²) in [4.78, 5) is 7.26. The topological polar surface area (TPSA) is 30.0 Å². The molecule has 1 aromatic carbocycles. The van der Waals surface area contributed by atoms with E-state index in [4.69, 9.17) is 0 Å². The van der Waals surface area contributed by atoms with Crippen molar-refractivity contribution in [1.29, 1.82) is 0 Å². The lowest BCUT2D eigenvalue weighted by Gasteiger charge is -2.37. The van der Waals surface area contributed by atoms with Gasteiger partial charge in [0.1, 0.15) is 0 Å². The van der Waals surface area contributed by atoms with E-state index in [0.29, 0.717) is 0 Å². The maximum Gasteiger partial charge on any atom is 0.0793 e. The zero-order valence-electron chi connectivity index (χ0n) is 13.7. The molecule has 2 heterocycles. The number of anilines is 1. The summed E-state index contributed by atoms with van der Waals surface area (Å²) in [6.45, 7) is 10.3. The van der Waals surface area contributed by atoms with Gasteiger partial charge in [0.15, 0.2) is 0 Å². The second-order valence-electron chi connectivity index (χ2n) is 6.79. The number of hydrogen-bond acceptors (Lipinski definition) is 4. The first-order chi connectivity index (χ1) is 10.7. The molecule has 2 fully saturated rings. The Morgan fingerprint density at radius 2 is 1.59 bits per heavy atom. The molecule has 1 N–H and O–H groups in total. The molecule has 0 saturated carbocycles. The minimum atomic E-state index is -0.205. The van der Waals surface area contributed by atoms with Gasteiger partial charge >= 0.3 is 0 Å². The number of β-amino-alcohol motifs (C(OH)–C–C–N with tert-alkyl or cyclic N) is 1. The van der Waals surface area contributed by atoms with Gasteiger partial charge in [-0.25, -0.2) is 0 Å². The van der Waals surface area contributed by atoms with Crippen LogP contribution in [-0.2, 0) is 0 Å². The van der Waals surface area contributed by atoms with Crippen molar-refractivity contribution >= 4 is 5.69 Å². The lowest BCUT2D eigenvalue weighted by Crippen LogP contribution is -2.50. The van der Waals surface area contributed by atoms with Gasteiger partial charge < -0.3 is 14.9 Å². The van der Waals surface area contributed by atoms with Crippen molar-refractivity contribution in [3.8, 4) is 0 Å². The van der Waals surface area contributed by atoms with Crippen molar-refractivity contribution in [2.24, 2.45) is 0 Å². The van der Waals surface area contributed by atoms with Crippen LogP contribution in [0.3, 0.4) is 0 Å². The van der Waals surface area contributed by atoms with Crippen molar-refractivity contribution in [2.75, 3.05) is 57.3 Å². The largest absolute Gasteiger partial charge is 0.390 e. The second-order valence-corrected chi connectivity index (χ2v) is 6.79. The molecule has 0 radical (unpaired) electrons. The Labute approximate surface area is 134 Å². The van der Waals surface area contributed by atoms with Crippen molar-refractivity contribution in [2.45, 2.75) is 25.9 Å². The molecule has 122 valence electrons. The van der Waals surface area contributed by atoms with E-state index in [0.717, 1.165) is 52.4 Å². The Kier molecular flexibility index (Phi) is 5.34. The second kappa shape index (κ2) is 7.44. The fraction of sp³-hybridized carbons (Fsp3) is 0.667. The number of nitrogens with zero attached hydrogens (tertiary/aromatic N) is 3. The summed E-state index contributed by atoms with van der Waals surface area (Å²) < 4.78 is 0. The summed E-state index contributed by atoms with van der Waals surface area (Å²) in [6.07, 6.45) is 2.38. The average Bonchev–Trinajstić information content (AvgIpc) is 3.01. The molecular formula is C18H29N3O. The van der Waals surface area contributed by atoms with Crippen LogP contribution >= 0.6 is 0 Å². The quantitative estimate of drug-likeness (QED) is 0.894. The van der Waals surface area contributed by atoms with Gasteiger partial charge in [-0.05, 0) is 50.6 Å². The predicted octanol–water partition coefficient (Wildman–Crippen LogP) is 1.57. The van der Waals surface area contributed by atoms with E-state index in [1.807, 2.05) is 0 Å². The molecular weight excluding hydrogens is 274 g/mol. The molecule has 1 aromatic rings. The standard InChI is InChI=1S/C18H29N3O/c1-16-5-4-6-17(13-16)21-11-9-20(10-12-21)15-18(22)14-19-7-2-3-8-19/h4-6,13,18,22H,2-3,7-12,14-15H2,1H3/t18-/m0/s1. The number of aliphatic hydroxyl groups excluding tert-OH is 1. The van der Waals surface area contributed by atoms with E-state index >= 15 is 0 Å². The molecule has 0 unspecified atom stereocenters. The van der Waals surface area contributed by atoms with Crippen LogP contribution in [0.15, 0.2) is 24.3 Å². The summed E-state index contributed by atoms with van der Waals surface area (Å²) >= 11 is 0. The summed E-state index contributed by atoms with van der Waals surface area (Å²) in [5.41, 5.74) is 2.65. The third-order valence-electron chi connectivity index (χ3n) is 4.88. The lowest BCUT2D eigenvalue weighted by atomic mass is 10.2. The van der Waals surface area contributed by atoms with Gasteiger partial charge in [-0.2, -0.15) is 0 Å². The number of aryl methyl sites for hydroxylation is 1. The highest BCUT2D eigenvalue weighted by Crippen LogP contribution is 2.18. The van der Waals surface area contributed by atoms with Gasteiger partial charge in [0.25, 0.3) is 0 Å². The maximum atomic E-state index is 10.3. The summed E-state index contributed by atoms with van der Waals surface area (Å²) in [6, 6.07) is 8.74. The Hall–Kier alpha value is -1.10. The third-order valence-corrected chi connectivity index (χ3v) is 4.88. The van der Waals surface area contributed by atoms with Gasteiger partial charge in [-0.3, -0.25) is 4.90 Å². The van der Waals surface area contributed by atoms with Crippen LogP contribution in [0, 0.1) is 6.92 Å². The number of rotatable bonds is 5. The lowest BCUT2D eigenvalue weighted by molar-refractivity contribution is 0.0790. The Balaban J connectivity index is 1.43. The number of aliphatic hydroxyl groups is 1. The van der Waals surface area contributed by atoms with Gasteiger partial charge in [-0.1, -0.05) is 12.1 Å². The van der Waals surface area contributed by atoms with Gasteiger partial charge in [0.05, 0.1) is 6.10 Å². The molecule has 2 aliphatic rings. The molecule has 2 saturated heterocycles. The highest BCUT2D eigenvalue weighted by Gasteiger charge is 2.21. The third kappa shape index (κ3) is 4.22. The smallest absolute Gasteiger partial charge is 0.0793 e. The van der Waals surface area contributed by atoms with Crippen LogP contribution in [0.5, 0.6) is 0 Å². The van der Waals surface area contributed by atoms with E-state index < -0.39 is 0 Å². The Morgan fingerprint density at radius 1 is 0.955 bits per heavy atom. The van der Waals surface area contributed by atoms with Gasteiger partial charge in [0, 0.05) is 45.0 Å². The number of benzene rings is 1. The average molecular weight is 303 g/mol. The Bertz CT molecular complexity index is 465. The number of likely N-dealkylation sites (tertiary alicyclic amines) is 1. The summed E-state index contributed by atoms with van der Waals surface area (Å²) in [5, 5.41) is 10.3. The van der Waals surface area contributed by atoms with E-state index in [1.54, 1.807) is 0 Å². The molecule has 2 aliphatic heterocycles. The fourth-order valence-electron chi connectivity index (χ4n) is 3.63. The van der Waals surface area contributed by atoms with Crippen LogP contribution < -0.4 is 4.90 Å². The normalized spacial score (nSPS) is 22.2. The molecule has 1 atom stereocenters. The molecule has 22 heavy (non-hydrogen) atoms. The summed E-state index contributed by atoms with van der Waals surface area (Å²) in [7, 11) is 0. The minimum Gasteiger partial charge on any atom is -0.390 e. The highest BCUT2D eigenvalue weighted by atomic mass is 16.3. The molecule has 0 aliphatic carbocycles. The van der Waals surface area contributed by atoms with Crippen LogP contribution in [0.25, 0.3) is 0 Å². The number of piperazine rings is 1. The van der Waals surface area contributed by atoms with Crippen molar-refractivity contribution < 1.29 is 5.11 Å². The first kappa shape index (κ1) is 15.8. The fourth-order valence-corrected chi connectivity index (χ4v) is 3.63.